The van der Waals surface area contributed by atoms with Crippen molar-refractivity contribution in [3.63, 3.8) is 0 Å². The molecule has 0 spiro atoms. The van der Waals surface area contributed by atoms with Gasteiger partial charge in [0.1, 0.15) is 0 Å². The number of halogens is 2. The number of hydrogen-bond acceptors (Lipinski definition) is 3. The van der Waals surface area contributed by atoms with Gasteiger partial charge in [-0.15, -0.1) is 0 Å². The van der Waals surface area contributed by atoms with Crippen molar-refractivity contribution in [2.45, 2.75) is 11.8 Å². The molecule has 20 heavy (non-hydrogen) atoms. The molecule has 3 N–H and O–H groups in total. The normalized spacial score (nSPS) is 11.3. The molecule has 0 aliphatic heterocycles. The summed E-state index contributed by atoms with van der Waals surface area (Å²) in [6.45, 7) is 1.80. The van der Waals surface area contributed by atoms with E-state index >= 15 is 0 Å². The second-order valence-electron chi connectivity index (χ2n) is 4.25. The molecule has 0 amide bonds. The predicted molar refractivity (Wildman–Crippen MR) is 85.6 cm³/mol. The highest BCUT2D eigenvalue weighted by atomic mass is 79.9. The number of anilines is 2. The van der Waals surface area contributed by atoms with Gasteiger partial charge in [-0.3, -0.25) is 4.72 Å². The molecule has 106 valence electrons. The number of nitrogens with two attached hydrogens (primary N) is 1. The van der Waals surface area contributed by atoms with Crippen LogP contribution in [0.1, 0.15) is 5.56 Å². The Morgan fingerprint density at radius 2 is 1.90 bits per heavy atom. The van der Waals surface area contributed by atoms with E-state index in [4.69, 9.17) is 17.3 Å². The Kier molecular flexibility index (Phi) is 4.27. The van der Waals surface area contributed by atoms with E-state index in [2.05, 4.69) is 20.7 Å². The van der Waals surface area contributed by atoms with Crippen molar-refractivity contribution in [3.05, 3.63) is 51.5 Å². The molecule has 0 aromatic heterocycles. The fourth-order valence-electron chi connectivity index (χ4n) is 1.58. The molecule has 0 bridgehead atoms. The molecule has 0 fully saturated rings. The Morgan fingerprint density at radius 3 is 2.55 bits per heavy atom. The van der Waals surface area contributed by atoms with Crippen molar-refractivity contribution in [1.82, 2.24) is 0 Å². The van der Waals surface area contributed by atoms with Crippen LogP contribution in [0.5, 0.6) is 0 Å². The third kappa shape index (κ3) is 3.26. The largest absolute Gasteiger partial charge is 0.398 e. The van der Waals surface area contributed by atoms with Crippen LogP contribution in [0.4, 0.5) is 11.4 Å². The van der Waals surface area contributed by atoms with Gasteiger partial charge in [0.25, 0.3) is 10.0 Å². The molecule has 0 saturated heterocycles. The molecule has 2 aromatic rings. The third-order valence-corrected chi connectivity index (χ3v) is 5.01. The van der Waals surface area contributed by atoms with Crippen LogP contribution in [0.3, 0.4) is 0 Å². The van der Waals surface area contributed by atoms with Crippen LogP contribution < -0.4 is 10.5 Å². The van der Waals surface area contributed by atoms with Gasteiger partial charge in [0.15, 0.2) is 0 Å². The average Bonchev–Trinajstić information content (AvgIpc) is 2.36. The Labute approximate surface area is 131 Å². The van der Waals surface area contributed by atoms with Crippen molar-refractivity contribution in [2.75, 3.05) is 10.5 Å². The van der Waals surface area contributed by atoms with Crippen LogP contribution in [0.25, 0.3) is 0 Å². The quantitative estimate of drug-likeness (QED) is 0.802. The lowest BCUT2D eigenvalue weighted by atomic mass is 10.2. The molecular formula is C13H12BrClN2O2S. The standard InChI is InChI=1S/C13H12BrClN2O2S/c1-8-2-3-9(15)6-13(8)17-20(18,19)10-4-5-12(16)11(14)7-10/h2-7,17H,16H2,1H3. The van der Waals surface area contributed by atoms with Gasteiger partial charge in [-0.1, -0.05) is 17.7 Å². The zero-order chi connectivity index (χ0) is 14.9. The highest BCUT2D eigenvalue weighted by molar-refractivity contribution is 9.10. The molecule has 7 heteroatoms. The Bertz CT molecular complexity index is 763. The minimum absolute atomic E-state index is 0.123. The van der Waals surface area contributed by atoms with Gasteiger partial charge in [-0.05, 0) is 58.7 Å². The second kappa shape index (κ2) is 5.63. The van der Waals surface area contributed by atoms with E-state index in [0.717, 1.165) is 5.56 Å². The van der Waals surface area contributed by atoms with Crippen molar-refractivity contribution < 1.29 is 8.42 Å². The smallest absolute Gasteiger partial charge is 0.261 e. The average molecular weight is 376 g/mol. The van der Waals surface area contributed by atoms with Gasteiger partial charge in [0, 0.05) is 15.2 Å². The summed E-state index contributed by atoms with van der Waals surface area (Å²) in [5.41, 5.74) is 7.36. The summed E-state index contributed by atoms with van der Waals surface area (Å²) in [7, 11) is -3.69. The number of benzene rings is 2. The van der Waals surface area contributed by atoms with E-state index < -0.39 is 10.0 Å². The Balaban J connectivity index is 2.40. The van der Waals surface area contributed by atoms with Crippen LogP contribution in [0.2, 0.25) is 5.02 Å². The van der Waals surface area contributed by atoms with Gasteiger partial charge in [-0.2, -0.15) is 0 Å². The van der Waals surface area contributed by atoms with Crippen LogP contribution >= 0.6 is 27.5 Å². The van der Waals surface area contributed by atoms with E-state index in [1.54, 1.807) is 25.1 Å². The van der Waals surface area contributed by atoms with E-state index in [0.29, 0.717) is 20.9 Å². The number of nitrogens with one attached hydrogen (secondary N) is 1. The fraction of sp³-hybridized carbons (Fsp3) is 0.0769. The maximum absolute atomic E-state index is 12.3. The van der Waals surface area contributed by atoms with Crippen molar-refractivity contribution in [3.8, 4) is 0 Å². The highest BCUT2D eigenvalue weighted by Crippen LogP contribution is 2.26. The summed E-state index contributed by atoms with van der Waals surface area (Å²) in [5, 5.41) is 0.465. The van der Waals surface area contributed by atoms with Crippen LogP contribution in [-0.4, -0.2) is 8.42 Å². The zero-order valence-corrected chi connectivity index (χ0v) is 13.7. The summed E-state index contributed by atoms with van der Waals surface area (Å²) in [5.74, 6) is 0. The second-order valence-corrected chi connectivity index (χ2v) is 7.22. The van der Waals surface area contributed by atoms with E-state index in [-0.39, 0.29) is 4.90 Å². The van der Waals surface area contributed by atoms with Gasteiger partial charge in [-0.25, -0.2) is 8.42 Å². The SMILES string of the molecule is Cc1ccc(Cl)cc1NS(=O)(=O)c1ccc(N)c(Br)c1. The van der Waals surface area contributed by atoms with Crippen LogP contribution in [0, 0.1) is 6.92 Å². The van der Waals surface area contributed by atoms with E-state index in [9.17, 15) is 8.42 Å². The maximum atomic E-state index is 12.3. The van der Waals surface area contributed by atoms with Crippen molar-refractivity contribution in [1.29, 1.82) is 0 Å². The van der Waals surface area contributed by atoms with Gasteiger partial charge >= 0.3 is 0 Å². The van der Waals surface area contributed by atoms with E-state index in [1.807, 2.05) is 0 Å². The first-order chi connectivity index (χ1) is 9.29. The number of nitrogen functional groups attached to an aromatic ring is 1. The minimum atomic E-state index is -3.69. The molecule has 0 atom stereocenters. The number of aryl methyl sites for hydroxylation is 1. The first kappa shape index (κ1) is 15.2. The molecule has 2 rings (SSSR count). The summed E-state index contributed by atoms with van der Waals surface area (Å²) >= 11 is 9.09. The molecule has 2 aromatic carbocycles. The maximum Gasteiger partial charge on any atom is 0.261 e. The van der Waals surface area contributed by atoms with Crippen molar-refractivity contribution in [2.24, 2.45) is 0 Å². The molecular weight excluding hydrogens is 364 g/mol. The zero-order valence-electron chi connectivity index (χ0n) is 10.5. The number of rotatable bonds is 3. The molecule has 0 heterocycles. The molecule has 0 radical (unpaired) electrons. The first-order valence-electron chi connectivity index (χ1n) is 5.63. The summed E-state index contributed by atoms with van der Waals surface area (Å²) in [6, 6.07) is 9.46. The predicted octanol–water partition coefficient (Wildman–Crippen LogP) is 3.79. The molecule has 4 nitrogen and oxygen atoms in total. The molecule has 0 aliphatic carbocycles. The number of hydrogen-bond donors (Lipinski definition) is 2. The lowest BCUT2D eigenvalue weighted by Gasteiger charge is -2.11. The molecule has 0 aliphatic rings. The van der Waals surface area contributed by atoms with E-state index in [1.165, 1.54) is 18.2 Å². The lowest BCUT2D eigenvalue weighted by Crippen LogP contribution is -2.14. The third-order valence-electron chi connectivity index (χ3n) is 2.73. The highest BCUT2D eigenvalue weighted by Gasteiger charge is 2.16. The lowest BCUT2D eigenvalue weighted by molar-refractivity contribution is 0.601. The van der Waals surface area contributed by atoms with Gasteiger partial charge < -0.3 is 5.73 Å². The van der Waals surface area contributed by atoms with Gasteiger partial charge in [0.05, 0.1) is 10.6 Å². The molecule has 0 unspecified atom stereocenters. The fourth-order valence-corrected chi connectivity index (χ4v) is 3.43. The van der Waals surface area contributed by atoms with Gasteiger partial charge in [0.2, 0.25) is 0 Å². The minimum Gasteiger partial charge on any atom is -0.398 e. The monoisotopic (exact) mass is 374 g/mol. The Morgan fingerprint density at radius 1 is 1.20 bits per heavy atom. The summed E-state index contributed by atoms with van der Waals surface area (Å²) in [4.78, 5) is 0.123. The first-order valence-corrected chi connectivity index (χ1v) is 8.29. The van der Waals surface area contributed by atoms with Crippen molar-refractivity contribution >= 4 is 48.9 Å². The molecule has 0 saturated carbocycles. The number of sulfonamides is 1. The topological polar surface area (TPSA) is 72.2 Å². The van der Waals surface area contributed by atoms with Crippen LogP contribution in [0.15, 0.2) is 45.8 Å². The van der Waals surface area contributed by atoms with Crippen LogP contribution in [-0.2, 0) is 10.0 Å². The summed E-state index contributed by atoms with van der Waals surface area (Å²) < 4.78 is 27.7. The Hall–Kier alpha value is -1.24. The summed E-state index contributed by atoms with van der Waals surface area (Å²) in [6.07, 6.45) is 0.